The Morgan fingerprint density at radius 1 is 1.17 bits per heavy atom. The molecule has 1 heterocycles. The molecule has 1 aromatic carbocycles. The van der Waals surface area contributed by atoms with Crippen LogP contribution in [0.1, 0.15) is 10.4 Å². The lowest BCUT2D eigenvalue weighted by Gasteiger charge is -1.96. The van der Waals surface area contributed by atoms with E-state index in [1.54, 1.807) is 0 Å². The van der Waals surface area contributed by atoms with Gasteiger partial charge >= 0.3 is 0 Å². The van der Waals surface area contributed by atoms with Gasteiger partial charge in [-0.2, -0.15) is 0 Å². The minimum atomic E-state index is -0.457. The van der Waals surface area contributed by atoms with Gasteiger partial charge in [0.25, 0.3) is 0 Å². The van der Waals surface area contributed by atoms with Gasteiger partial charge in [0.1, 0.15) is 4.84 Å². The Bertz CT molecular complexity index is 392. The van der Waals surface area contributed by atoms with E-state index in [0.717, 1.165) is 16.5 Å². The second-order valence-electron chi connectivity index (χ2n) is 2.59. The number of aromatic nitrogens is 1. The molecule has 0 radical (unpaired) electrons. The van der Waals surface area contributed by atoms with Crippen LogP contribution in [0.2, 0.25) is 0 Å². The van der Waals surface area contributed by atoms with Crippen LogP contribution >= 0.6 is 23.2 Å². The number of para-hydroxylation sites is 1. The number of hydrogen-bond acceptors (Lipinski definition) is 0. The monoisotopic (exact) mass is 199 g/mol. The van der Waals surface area contributed by atoms with E-state index in [1.807, 2.05) is 30.5 Å². The number of hydrogen-bond donors (Lipinski definition) is 1. The maximum Gasteiger partial charge on any atom is 0.134 e. The average Bonchev–Trinajstić information content (AvgIpc) is 2.47. The molecule has 62 valence electrons. The van der Waals surface area contributed by atoms with Gasteiger partial charge in [0.2, 0.25) is 0 Å². The third kappa shape index (κ3) is 1.19. The molecule has 0 spiro atoms. The largest absolute Gasteiger partial charge is 0.361 e. The van der Waals surface area contributed by atoms with Gasteiger partial charge in [0.15, 0.2) is 0 Å². The predicted octanol–water partition coefficient (Wildman–Crippen LogP) is 3.64. The van der Waals surface area contributed by atoms with Gasteiger partial charge in [-0.1, -0.05) is 41.4 Å². The smallest absolute Gasteiger partial charge is 0.134 e. The van der Waals surface area contributed by atoms with E-state index in [4.69, 9.17) is 23.2 Å². The van der Waals surface area contributed by atoms with Crippen LogP contribution in [0.3, 0.4) is 0 Å². The van der Waals surface area contributed by atoms with Crippen molar-refractivity contribution in [3.8, 4) is 0 Å². The van der Waals surface area contributed by atoms with Crippen molar-refractivity contribution in [2.75, 3.05) is 0 Å². The third-order valence-electron chi connectivity index (χ3n) is 1.86. The quantitative estimate of drug-likeness (QED) is 0.676. The molecule has 0 aliphatic rings. The first kappa shape index (κ1) is 7.96. The van der Waals surface area contributed by atoms with Gasteiger partial charge in [-0.25, -0.2) is 0 Å². The molecule has 0 fully saturated rings. The summed E-state index contributed by atoms with van der Waals surface area (Å²) < 4.78 is 0. The normalized spacial score (nSPS) is 11.2. The van der Waals surface area contributed by atoms with E-state index in [2.05, 4.69) is 4.98 Å². The standard InChI is InChI=1S/C9H7Cl2N/c10-9(11)7-5-12-8-4-2-1-3-6(7)8/h1-5,9,12H. The molecular weight excluding hydrogens is 193 g/mol. The Labute approximate surface area is 80.3 Å². The van der Waals surface area contributed by atoms with Crippen LogP contribution in [0.4, 0.5) is 0 Å². The number of halogens is 2. The molecule has 2 aromatic rings. The Morgan fingerprint density at radius 2 is 1.92 bits per heavy atom. The number of nitrogens with one attached hydrogen (secondary N) is 1. The number of alkyl halides is 2. The zero-order chi connectivity index (χ0) is 8.55. The molecular formula is C9H7Cl2N. The van der Waals surface area contributed by atoms with Crippen LogP contribution in [0.5, 0.6) is 0 Å². The molecule has 0 aliphatic heterocycles. The van der Waals surface area contributed by atoms with Crippen LogP contribution in [0.25, 0.3) is 10.9 Å². The first-order valence-electron chi connectivity index (χ1n) is 3.63. The molecule has 1 nitrogen and oxygen atoms in total. The van der Waals surface area contributed by atoms with E-state index < -0.39 is 4.84 Å². The molecule has 2 rings (SSSR count). The van der Waals surface area contributed by atoms with E-state index in [-0.39, 0.29) is 0 Å². The lowest BCUT2D eigenvalue weighted by Crippen LogP contribution is -1.75. The topological polar surface area (TPSA) is 15.8 Å². The van der Waals surface area contributed by atoms with Crippen molar-refractivity contribution in [3.05, 3.63) is 36.0 Å². The van der Waals surface area contributed by atoms with Gasteiger partial charge < -0.3 is 4.98 Å². The summed E-state index contributed by atoms with van der Waals surface area (Å²) in [5.41, 5.74) is 2.01. The highest BCUT2D eigenvalue weighted by atomic mass is 35.5. The van der Waals surface area contributed by atoms with E-state index in [9.17, 15) is 0 Å². The highest BCUT2D eigenvalue weighted by Crippen LogP contribution is 2.30. The molecule has 0 atom stereocenters. The van der Waals surface area contributed by atoms with Crippen molar-refractivity contribution >= 4 is 34.1 Å². The highest BCUT2D eigenvalue weighted by Gasteiger charge is 2.08. The molecule has 1 aromatic heterocycles. The Kier molecular flexibility index (Phi) is 1.99. The van der Waals surface area contributed by atoms with Crippen LogP contribution in [-0.4, -0.2) is 4.98 Å². The summed E-state index contributed by atoms with van der Waals surface area (Å²) >= 11 is 11.5. The van der Waals surface area contributed by atoms with Crippen molar-refractivity contribution in [2.24, 2.45) is 0 Å². The molecule has 3 heteroatoms. The van der Waals surface area contributed by atoms with Gasteiger partial charge in [-0.05, 0) is 6.07 Å². The molecule has 0 saturated carbocycles. The summed E-state index contributed by atoms with van der Waals surface area (Å²) in [5.74, 6) is 0. The molecule has 0 saturated heterocycles. The van der Waals surface area contributed by atoms with Crippen molar-refractivity contribution in [1.29, 1.82) is 0 Å². The summed E-state index contributed by atoms with van der Waals surface area (Å²) in [6.45, 7) is 0. The van der Waals surface area contributed by atoms with Crippen LogP contribution in [-0.2, 0) is 0 Å². The average molecular weight is 200 g/mol. The number of benzene rings is 1. The third-order valence-corrected chi connectivity index (χ3v) is 2.33. The Balaban J connectivity index is 2.70. The number of aromatic amines is 1. The van der Waals surface area contributed by atoms with Crippen molar-refractivity contribution in [2.45, 2.75) is 4.84 Å². The summed E-state index contributed by atoms with van der Waals surface area (Å²) in [5, 5.41) is 1.09. The van der Waals surface area contributed by atoms with Crippen LogP contribution in [0, 0.1) is 0 Å². The van der Waals surface area contributed by atoms with Gasteiger partial charge in [0, 0.05) is 22.7 Å². The maximum atomic E-state index is 5.77. The second-order valence-corrected chi connectivity index (χ2v) is 3.69. The van der Waals surface area contributed by atoms with Gasteiger partial charge in [-0.15, -0.1) is 0 Å². The number of fused-ring (bicyclic) bond motifs is 1. The molecule has 0 aliphatic carbocycles. The zero-order valence-electron chi connectivity index (χ0n) is 6.22. The Morgan fingerprint density at radius 3 is 2.67 bits per heavy atom. The minimum Gasteiger partial charge on any atom is -0.361 e. The highest BCUT2D eigenvalue weighted by molar-refractivity contribution is 6.44. The van der Waals surface area contributed by atoms with Gasteiger partial charge in [-0.3, -0.25) is 0 Å². The lowest BCUT2D eigenvalue weighted by atomic mass is 10.2. The summed E-state index contributed by atoms with van der Waals surface area (Å²) in [4.78, 5) is 2.64. The van der Waals surface area contributed by atoms with Crippen molar-refractivity contribution in [1.82, 2.24) is 4.98 Å². The number of H-pyrrole nitrogens is 1. The second kappa shape index (κ2) is 3.00. The molecule has 0 bridgehead atoms. The summed E-state index contributed by atoms with van der Waals surface area (Å²) in [6, 6.07) is 7.93. The minimum absolute atomic E-state index is 0.457. The SMILES string of the molecule is ClC(Cl)c1c[nH]c2ccccc12. The molecule has 12 heavy (non-hydrogen) atoms. The van der Waals surface area contributed by atoms with Crippen LogP contribution in [0.15, 0.2) is 30.5 Å². The molecule has 0 unspecified atom stereocenters. The fraction of sp³-hybridized carbons (Fsp3) is 0.111. The first-order valence-corrected chi connectivity index (χ1v) is 4.50. The van der Waals surface area contributed by atoms with E-state index in [1.165, 1.54) is 0 Å². The number of rotatable bonds is 1. The lowest BCUT2D eigenvalue weighted by molar-refractivity contribution is 1.35. The van der Waals surface area contributed by atoms with E-state index in [0.29, 0.717) is 0 Å². The van der Waals surface area contributed by atoms with Crippen molar-refractivity contribution in [3.63, 3.8) is 0 Å². The van der Waals surface area contributed by atoms with Gasteiger partial charge in [0.05, 0.1) is 0 Å². The zero-order valence-corrected chi connectivity index (χ0v) is 7.73. The predicted molar refractivity (Wildman–Crippen MR) is 52.7 cm³/mol. The van der Waals surface area contributed by atoms with Crippen LogP contribution < -0.4 is 0 Å². The summed E-state index contributed by atoms with van der Waals surface area (Å²) in [6.07, 6.45) is 1.84. The summed E-state index contributed by atoms with van der Waals surface area (Å²) in [7, 11) is 0. The van der Waals surface area contributed by atoms with Crippen molar-refractivity contribution < 1.29 is 0 Å². The van der Waals surface area contributed by atoms with E-state index >= 15 is 0 Å². The Hall–Kier alpha value is -0.660. The fourth-order valence-corrected chi connectivity index (χ4v) is 1.64. The maximum absolute atomic E-state index is 5.77. The molecule has 0 amide bonds. The molecule has 1 N–H and O–H groups in total. The fourth-order valence-electron chi connectivity index (χ4n) is 1.27. The first-order chi connectivity index (χ1) is 5.79.